The van der Waals surface area contributed by atoms with Gasteiger partial charge in [-0.05, 0) is 30.4 Å². The monoisotopic (exact) mass is 447 g/mol. The number of nitrogens with zero attached hydrogens (tertiary/aromatic N) is 2. The first-order valence-corrected chi connectivity index (χ1v) is 9.61. The van der Waals surface area contributed by atoms with Gasteiger partial charge in [0.2, 0.25) is 11.9 Å². The minimum absolute atomic E-state index is 0.00188. The summed E-state index contributed by atoms with van der Waals surface area (Å²) in [4.78, 5) is 29.3. The zero-order valence-corrected chi connectivity index (χ0v) is 16.2. The molecule has 29 heavy (non-hydrogen) atoms. The topological polar surface area (TPSA) is 88.1 Å². The summed E-state index contributed by atoms with van der Waals surface area (Å²) in [5, 5.41) is 7.33. The molecular formula is C17H14Cl2F3N5O2. The Morgan fingerprint density at radius 2 is 1.90 bits per heavy atom. The molecule has 2 amide bonds. The quantitative estimate of drug-likeness (QED) is 0.660. The van der Waals surface area contributed by atoms with Gasteiger partial charge in [-0.25, -0.2) is 4.98 Å². The molecule has 1 saturated carbocycles. The Morgan fingerprint density at radius 3 is 2.48 bits per heavy atom. The van der Waals surface area contributed by atoms with Crippen molar-refractivity contribution in [3.63, 3.8) is 0 Å². The first-order valence-electron chi connectivity index (χ1n) is 8.85. The van der Waals surface area contributed by atoms with Crippen molar-refractivity contribution in [2.45, 2.75) is 24.7 Å². The van der Waals surface area contributed by atoms with Crippen LogP contribution in [0.25, 0.3) is 11.0 Å². The Labute approximate surface area is 171 Å². The molecule has 0 bridgehead atoms. The summed E-state index contributed by atoms with van der Waals surface area (Å²) >= 11 is 11.9. The highest BCUT2D eigenvalue weighted by molar-refractivity contribution is 6.42. The molecule has 3 heterocycles. The van der Waals surface area contributed by atoms with Crippen LogP contribution in [0.2, 0.25) is 10.0 Å². The van der Waals surface area contributed by atoms with Crippen LogP contribution in [-0.2, 0) is 15.3 Å². The van der Waals surface area contributed by atoms with Gasteiger partial charge in [0.25, 0.3) is 11.6 Å². The number of benzene rings is 1. The average Bonchev–Trinajstić information content (AvgIpc) is 2.99. The number of hydrogen-bond acceptors (Lipinski definition) is 4. The first-order chi connectivity index (χ1) is 13.6. The largest absolute Gasteiger partial charge is 0.440 e. The van der Waals surface area contributed by atoms with Gasteiger partial charge in [-0.3, -0.25) is 19.5 Å². The van der Waals surface area contributed by atoms with Gasteiger partial charge in [0.15, 0.2) is 0 Å². The fourth-order valence-electron chi connectivity index (χ4n) is 4.45. The molecule has 1 atom stereocenters. The minimum atomic E-state index is -5.13. The molecule has 1 aromatic heterocycles. The molecule has 3 aliphatic rings. The lowest BCUT2D eigenvalue weighted by molar-refractivity contribution is -0.219. The minimum Gasteiger partial charge on any atom is -0.317 e. The smallest absolute Gasteiger partial charge is 0.317 e. The van der Waals surface area contributed by atoms with E-state index in [9.17, 15) is 22.8 Å². The lowest BCUT2D eigenvalue weighted by Crippen LogP contribution is -2.67. The normalized spacial score (nSPS) is 25.5. The second kappa shape index (κ2) is 5.77. The van der Waals surface area contributed by atoms with Crippen molar-refractivity contribution >= 4 is 52.0 Å². The van der Waals surface area contributed by atoms with Crippen molar-refractivity contribution in [1.82, 2.24) is 20.2 Å². The summed E-state index contributed by atoms with van der Waals surface area (Å²) in [6.45, 7) is 1.49. The van der Waals surface area contributed by atoms with Crippen molar-refractivity contribution < 1.29 is 22.8 Å². The predicted molar refractivity (Wildman–Crippen MR) is 98.6 cm³/mol. The number of imidazole rings is 1. The van der Waals surface area contributed by atoms with Crippen LogP contribution in [0, 0.1) is 11.3 Å². The zero-order chi connectivity index (χ0) is 20.8. The number of nitrogens with one attached hydrogen (secondary N) is 3. The van der Waals surface area contributed by atoms with Gasteiger partial charge in [0, 0.05) is 19.0 Å². The van der Waals surface area contributed by atoms with E-state index in [0.717, 1.165) is 13.1 Å². The SMILES string of the molecule is O=C(NC1(C(F)(F)F)C(=O)Nc2nc3cc(Cl)c(Cl)cc3n21)C1CC2(CNC2)C1. The Bertz CT molecular complexity index is 1070. The predicted octanol–water partition coefficient (Wildman–Crippen LogP) is 2.63. The van der Waals surface area contributed by atoms with Gasteiger partial charge in [0.05, 0.1) is 21.1 Å². The van der Waals surface area contributed by atoms with Gasteiger partial charge >= 0.3 is 6.18 Å². The Balaban J connectivity index is 1.59. The van der Waals surface area contributed by atoms with Crippen molar-refractivity contribution in [2.75, 3.05) is 18.4 Å². The van der Waals surface area contributed by atoms with Crippen LogP contribution in [0.5, 0.6) is 0 Å². The number of hydrogen-bond donors (Lipinski definition) is 3. The highest BCUT2D eigenvalue weighted by Gasteiger charge is 2.68. The third-order valence-corrected chi connectivity index (χ3v) is 6.75. The van der Waals surface area contributed by atoms with E-state index >= 15 is 0 Å². The van der Waals surface area contributed by atoms with Gasteiger partial charge in [-0.1, -0.05) is 23.2 Å². The molecule has 1 aliphatic carbocycles. The fourth-order valence-corrected chi connectivity index (χ4v) is 4.76. The maximum absolute atomic E-state index is 14.3. The molecule has 1 spiro atoms. The number of rotatable bonds is 2. The van der Waals surface area contributed by atoms with E-state index in [1.807, 2.05) is 5.32 Å². The zero-order valence-electron chi connectivity index (χ0n) is 14.7. The average molecular weight is 448 g/mol. The van der Waals surface area contributed by atoms with Crippen LogP contribution >= 0.6 is 23.2 Å². The van der Waals surface area contributed by atoms with E-state index < -0.39 is 29.6 Å². The second-order valence-electron chi connectivity index (χ2n) is 7.89. The molecule has 2 fully saturated rings. The Kier molecular flexibility index (Phi) is 3.77. The third kappa shape index (κ3) is 2.45. The maximum Gasteiger partial charge on any atom is 0.440 e. The molecule has 2 aromatic rings. The highest BCUT2D eigenvalue weighted by atomic mass is 35.5. The molecule has 2 aliphatic heterocycles. The van der Waals surface area contributed by atoms with Gasteiger partial charge in [-0.15, -0.1) is 0 Å². The number of fused-ring (bicyclic) bond motifs is 3. The second-order valence-corrected chi connectivity index (χ2v) is 8.70. The summed E-state index contributed by atoms with van der Waals surface area (Å²) in [7, 11) is 0. The first kappa shape index (κ1) is 19.0. The van der Waals surface area contributed by atoms with E-state index in [-0.39, 0.29) is 32.4 Å². The lowest BCUT2D eigenvalue weighted by atomic mass is 9.58. The number of halogens is 5. The summed E-state index contributed by atoms with van der Waals surface area (Å²) < 4.78 is 43.6. The molecule has 0 radical (unpaired) electrons. The highest BCUT2D eigenvalue weighted by Crippen LogP contribution is 2.50. The molecule has 1 unspecified atom stereocenters. The molecule has 3 N–H and O–H groups in total. The van der Waals surface area contributed by atoms with E-state index in [2.05, 4.69) is 15.6 Å². The molecule has 5 rings (SSSR count). The van der Waals surface area contributed by atoms with Crippen molar-refractivity contribution in [3.05, 3.63) is 22.2 Å². The molecule has 7 nitrogen and oxygen atoms in total. The number of aromatic nitrogens is 2. The number of anilines is 1. The number of alkyl halides is 3. The fraction of sp³-hybridized carbons (Fsp3) is 0.471. The van der Waals surface area contributed by atoms with E-state index in [4.69, 9.17) is 23.2 Å². The van der Waals surface area contributed by atoms with Crippen LogP contribution in [0.1, 0.15) is 12.8 Å². The van der Waals surface area contributed by atoms with E-state index in [1.54, 1.807) is 0 Å². The standard InChI is InChI=1S/C17H14Cl2F3N5O2/c18-8-1-10-11(2-9(8)19)27-14(24-10)25-13(29)16(27,17(20,21)22)26-12(28)7-3-15(4-7)5-23-6-15/h1-2,7,23H,3-6H2,(H,26,28)(H,24,25,29). The van der Waals surface area contributed by atoms with Gasteiger partial charge in [0.1, 0.15) is 0 Å². The lowest BCUT2D eigenvalue weighted by Gasteiger charge is -2.54. The molecule has 1 aromatic carbocycles. The van der Waals surface area contributed by atoms with Crippen LogP contribution in [-0.4, -0.2) is 40.6 Å². The number of carbonyl (C=O) groups is 2. The van der Waals surface area contributed by atoms with Crippen LogP contribution in [0.4, 0.5) is 19.1 Å². The molecule has 1 saturated heterocycles. The van der Waals surface area contributed by atoms with Crippen LogP contribution < -0.4 is 16.0 Å². The summed E-state index contributed by atoms with van der Waals surface area (Å²) in [5.41, 5.74) is -3.28. The summed E-state index contributed by atoms with van der Waals surface area (Å²) in [6.07, 6.45) is -4.15. The number of amides is 2. The van der Waals surface area contributed by atoms with Crippen molar-refractivity contribution in [2.24, 2.45) is 11.3 Å². The molecule has 12 heteroatoms. The molecular weight excluding hydrogens is 434 g/mol. The third-order valence-electron chi connectivity index (χ3n) is 6.03. The van der Waals surface area contributed by atoms with E-state index in [0.29, 0.717) is 17.4 Å². The van der Waals surface area contributed by atoms with Gasteiger partial charge < -0.3 is 10.6 Å². The molecule has 154 valence electrons. The van der Waals surface area contributed by atoms with Crippen LogP contribution in [0.3, 0.4) is 0 Å². The van der Waals surface area contributed by atoms with Crippen LogP contribution in [0.15, 0.2) is 12.1 Å². The Morgan fingerprint density at radius 1 is 1.24 bits per heavy atom. The maximum atomic E-state index is 14.3. The summed E-state index contributed by atoms with van der Waals surface area (Å²) in [6, 6.07) is 2.50. The van der Waals surface area contributed by atoms with Crippen molar-refractivity contribution in [1.29, 1.82) is 0 Å². The Hall–Kier alpha value is -2.04. The van der Waals surface area contributed by atoms with Crippen molar-refractivity contribution in [3.8, 4) is 0 Å². The summed E-state index contributed by atoms with van der Waals surface area (Å²) in [5.74, 6) is -3.16. The van der Waals surface area contributed by atoms with Gasteiger partial charge in [-0.2, -0.15) is 13.2 Å². The van der Waals surface area contributed by atoms with E-state index in [1.165, 1.54) is 12.1 Å². The number of carbonyl (C=O) groups excluding carboxylic acids is 2.